The third-order valence-electron chi connectivity index (χ3n) is 4.98. The Bertz CT molecular complexity index is 1250. The van der Waals surface area contributed by atoms with Gasteiger partial charge in [-0.15, -0.1) is 0 Å². The molecule has 10 heteroatoms. The Morgan fingerprint density at radius 1 is 1.21 bits per heavy atom. The first kappa shape index (κ1) is 23.4. The van der Waals surface area contributed by atoms with Crippen molar-refractivity contribution in [2.45, 2.75) is 23.8 Å². The quantitative estimate of drug-likeness (QED) is 0.134. The van der Waals surface area contributed by atoms with Gasteiger partial charge in [0, 0.05) is 34.8 Å². The Kier molecular flexibility index (Phi) is 7.86. The lowest BCUT2D eigenvalue weighted by atomic mass is 10.1. The molecule has 1 aromatic heterocycles. The van der Waals surface area contributed by atoms with Gasteiger partial charge in [0.05, 0.1) is 13.2 Å². The molecule has 0 radical (unpaired) electrons. The molecule has 0 unspecified atom stereocenters. The molecule has 0 saturated carbocycles. The highest BCUT2D eigenvalue weighted by molar-refractivity contribution is 8.13. The summed E-state index contributed by atoms with van der Waals surface area (Å²) in [5, 5.41) is 13.9. The number of hydrogen-bond acceptors (Lipinski definition) is 9. The molecule has 1 aliphatic rings. The maximum Gasteiger partial charge on any atom is 0.307 e. The van der Waals surface area contributed by atoms with Crippen LogP contribution in [0.5, 0.6) is 5.75 Å². The molecule has 0 bridgehead atoms. The smallest absolute Gasteiger partial charge is 0.307 e. The molecule has 1 saturated heterocycles. The summed E-state index contributed by atoms with van der Waals surface area (Å²) in [6, 6.07) is 14.2. The van der Waals surface area contributed by atoms with Gasteiger partial charge in [-0.25, -0.2) is 15.3 Å². The number of thioether (sulfide) groups is 1. The van der Waals surface area contributed by atoms with E-state index in [1.165, 1.54) is 11.1 Å². The number of carbonyl (C=O) groups is 1. The van der Waals surface area contributed by atoms with E-state index >= 15 is 0 Å². The average molecular weight is 480 g/mol. The molecule has 174 valence electrons. The molecule has 0 aliphatic carbocycles. The number of ether oxygens (including phenoxy) is 2. The van der Waals surface area contributed by atoms with Crippen LogP contribution >= 0.6 is 11.8 Å². The normalized spacial score (nSPS) is 13.4. The topological polar surface area (TPSA) is 114 Å². The summed E-state index contributed by atoms with van der Waals surface area (Å²) < 4.78 is 17.3. The van der Waals surface area contributed by atoms with Gasteiger partial charge in [-0.2, -0.15) is 0 Å². The highest BCUT2D eigenvalue weighted by atomic mass is 32.2. The zero-order chi connectivity index (χ0) is 23.8. The van der Waals surface area contributed by atoms with Gasteiger partial charge in [0.15, 0.2) is 0 Å². The highest BCUT2D eigenvalue weighted by Crippen LogP contribution is 2.30. The molecule has 2 heterocycles. The number of hydrogen-bond donors (Lipinski definition) is 2. The largest absolute Gasteiger partial charge is 0.490 e. The molecule has 0 atom stereocenters. The number of amides is 1. The summed E-state index contributed by atoms with van der Waals surface area (Å²) in [6.07, 6.45) is 3.37. The van der Waals surface area contributed by atoms with Crippen LogP contribution in [0, 0.1) is 11.8 Å². The molecule has 4 rings (SSSR count). The molecular weight excluding hydrogens is 458 g/mol. The van der Waals surface area contributed by atoms with Crippen molar-refractivity contribution < 1.29 is 28.7 Å². The lowest BCUT2D eigenvalue weighted by Gasteiger charge is -2.23. The summed E-state index contributed by atoms with van der Waals surface area (Å²) in [6.45, 7) is 1.50. The number of rotatable bonds is 6. The Balaban J connectivity index is 1.44. The number of fused-ring (bicyclic) bond motifs is 1. The van der Waals surface area contributed by atoms with Gasteiger partial charge in [0.25, 0.3) is 6.08 Å². The molecule has 3 aromatic rings. The van der Waals surface area contributed by atoms with E-state index in [9.17, 15) is 9.59 Å². The van der Waals surface area contributed by atoms with Gasteiger partial charge in [0.1, 0.15) is 24.0 Å². The maximum absolute atomic E-state index is 11.2. The number of nitrogens with one attached hydrogen (secondary N) is 1. The van der Waals surface area contributed by atoms with Crippen molar-refractivity contribution in [1.82, 2.24) is 5.48 Å². The van der Waals surface area contributed by atoms with E-state index in [0.29, 0.717) is 35.1 Å². The summed E-state index contributed by atoms with van der Waals surface area (Å²) in [5.41, 5.74) is 2.91. The molecular formula is C24H21N3O6S. The number of benzene rings is 2. The monoisotopic (exact) mass is 479 g/mol. The molecule has 34 heavy (non-hydrogen) atoms. The first-order valence-electron chi connectivity index (χ1n) is 10.5. The number of isocyanates is 1. The van der Waals surface area contributed by atoms with E-state index in [2.05, 4.69) is 16.9 Å². The molecule has 2 aromatic carbocycles. The van der Waals surface area contributed by atoms with E-state index in [4.69, 9.17) is 19.1 Å². The van der Waals surface area contributed by atoms with Gasteiger partial charge in [-0.1, -0.05) is 16.9 Å². The maximum atomic E-state index is 11.2. The van der Waals surface area contributed by atoms with Crippen LogP contribution in [0.3, 0.4) is 0 Å². The van der Waals surface area contributed by atoms with Crippen LogP contribution in [0.1, 0.15) is 18.4 Å². The average Bonchev–Trinajstić information content (AvgIpc) is 3.28. The number of hydroxylamine groups is 1. The lowest BCUT2D eigenvalue weighted by molar-refractivity contribution is 0.0256. The van der Waals surface area contributed by atoms with Gasteiger partial charge < -0.3 is 13.9 Å². The number of carbonyl (C=O) groups excluding carboxylic acids is 2. The van der Waals surface area contributed by atoms with Crippen LogP contribution in [0.15, 0.2) is 62.9 Å². The summed E-state index contributed by atoms with van der Waals surface area (Å²) >= 11 is 0.856. The van der Waals surface area contributed by atoms with Gasteiger partial charge in [-0.05, 0) is 54.2 Å². The second-order valence-corrected chi connectivity index (χ2v) is 8.34. The minimum Gasteiger partial charge on any atom is -0.490 e. The molecule has 1 fully saturated rings. The van der Waals surface area contributed by atoms with Crippen LogP contribution < -0.4 is 15.2 Å². The van der Waals surface area contributed by atoms with Crippen molar-refractivity contribution >= 4 is 39.9 Å². The van der Waals surface area contributed by atoms with Crippen LogP contribution in [-0.2, 0) is 9.53 Å². The number of nitrogens with zero attached hydrogens (tertiary/aromatic N) is 2. The Labute approximate surface area is 199 Å². The van der Waals surface area contributed by atoms with Crippen LogP contribution in [0.2, 0.25) is 0 Å². The molecule has 2 N–H and O–H groups in total. The fourth-order valence-electron chi connectivity index (χ4n) is 3.36. The third-order valence-corrected chi connectivity index (χ3v) is 5.76. The third kappa shape index (κ3) is 6.19. The number of furan rings is 1. The zero-order valence-electron chi connectivity index (χ0n) is 18.0. The van der Waals surface area contributed by atoms with E-state index in [1.54, 1.807) is 35.8 Å². The second-order valence-electron chi connectivity index (χ2n) is 7.29. The highest BCUT2D eigenvalue weighted by Gasteiger charge is 2.16. The first-order chi connectivity index (χ1) is 16.6. The lowest BCUT2D eigenvalue weighted by Crippen LogP contribution is -2.25. The van der Waals surface area contributed by atoms with Crippen molar-refractivity contribution in [1.29, 1.82) is 0 Å². The molecule has 9 nitrogen and oxygen atoms in total. The fourth-order valence-corrected chi connectivity index (χ4v) is 3.89. The summed E-state index contributed by atoms with van der Waals surface area (Å²) in [4.78, 5) is 22.8. The number of hydrazone groups is 1. The minimum atomic E-state index is -0.575. The molecule has 1 amide bonds. The second kappa shape index (κ2) is 11.4. The van der Waals surface area contributed by atoms with Gasteiger partial charge in [-0.3, -0.25) is 10.0 Å². The van der Waals surface area contributed by atoms with E-state index in [1.807, 2.05) is 18.2 Å². The summed E-state index contributed by atoms with van der Waals surface area (Å²) in [7, 11) is 0. The van der Waals surface area contributed by atoms with Crippen LogP contribution in [-0.4, -0.2) is 42.4 Å². The standard InChI is InChI=1S/C24H21N3O6S/c28-16-25-27(11-1-2-17-3-6-21(7-4-17)34-24(29)26-30)23-15-18-14-20(5-8-22(18)33-23)32-19-9-12-31-13-10-19/h3-8,14-15,19,30H,9-13H2,(H,26,29). The van der Waals surface area contributed by atoms with E-state index < -0.39 is 5.24 Å². The predicted octanol–water partition coefficient (Wildman–Crippen LogP) is 4.29. The van der Waals surface area contributed by atoms with E-state index in [0.717, 1.165) is 35.7 Å². The fraction of sp³-hybridized carbons (Fsp3) is 0.250. The van der Waals surface area contributed by atoms with Crippen molar-refractivity contribution in [3.8, 4) is 17.6 Å². The number of anilines is 1. The van der Waals surface area contributed by atoms with Crippen LogP contribution in [0.4, 0.5) is 10.7 Å². The Morgan fingerprint density at radius 3 is 2.74 bits per heavy atom. The van der Waals surface area contributed by atoms with Crippen molar-refractivity contribution in [3.05, 3.63) is 54.1 Å². The van der Waals surface area contributed by atoms with Gasteiger partial charge >= 0.3 is 5.24 Å². The molecule has 1 aliphatic heterocycles. The Hall–Kier alpha value is -3.74. The van der Waals surface area contributed by atoms with Crippen molar-refractivity contribution in [2.75, 3.05) is 24.8 Å². The van der Waals surface area contributed by atoms with Crippen LogP contribution in [0.25, 0.3) is 11.0 Å². The molecule has 0 spiro atoms. The van der Waals surface area contributed by atoms with E-state index in [-0.39, 0.29) is 12.6 Å². The first-order valence-corrected chi connectivity index (χ1v) is 11.3. The summed E-state index contributed by atoms with van der Waals surface area (Å²) in [5.74, 6) is 7.03. The zero-order valence-corrected chi connectivity index (χ0v) is 18.8. The van der Waals surface area contributed by atoms with Crippen molar-refractivity contribution in [3.63, 3.8) is 0 Å². The minimum absolute atomic E-state index is 0.101. The van der Waals surface area contributed by atoms with Crippen molar-refractivity contribution in [2.24, 2.45) is 5.10 Å². The SMILES string of the molecule is O=C=NN(CC#Cc1ccc(SC(=O)NO)cc1)c1cc2cc(OC3CCOCC3)ccc2o1. The predicted molar refractivity (Wildman–Crippen MR) is 126 cm³/mol. The Morgan fingerprint density at radius 2 is 2.00 bits per heavy atom. The van der Waals surface area contributed by atoms with Gasteiger partial charge in [0.2, 0.25) is 5.88 Å².